The Bertz CT molecular complexity index is 507. The van der Waals surface area contributed by atoms with E-state index in [1.54, 1.807) is 0 Å². The minimum absolute atomic E-state index is 0.0427. The fourth-order valence-electron chi connectivity index (χ4n) is 4.55. The van der Waals surface area contributed by atoms with Crippen LogP contribution < -0.4 is 0 Å². The van der Waals surface area contributed by atoms with Crippen molar-refractivity contribution in [2.45, 2.75) is 258 Å². The van der Waals surface area contributed by atoms with Crippen molar-refractivity contribution in [3.8, 4) is 0 Å². The van der Waals surface area contributed by atoms with Crippen molar-refractivity contribution in [3.05, 3.63) is 0 Å². The molecule has 0 radical (unpaired) electrons. The predicted octanol–water partition coefficient (Wildman–Crippen LogP) is 16.4. The molecule has 1 heterocycles. The summed E-state index contributed by atoms with van der Waals surface area (Å²) in [6, 6.07) is 0. The second-order valence-corrected chi connectivity index (χ2v) is 14.8. The predicted molar refractivity (Wildman–Crippen MR) is 252 cm³/mol. The van der Waals surface area contributed by atoms with E-state index in [4.69, 9.17) is 9.47 Å². The molecule has 0 amide bonds. The van der Waals surface area contributed by atoms with Gasteiger partial charge in [0.05, 0.1) is 13.0 Å². The lowest BCUT2D eigenvalue weighted by Crippen LogP contribution is -2.35. The quantitative estimate of drug-likeness (QED) is 0.0721. The van der Waals surface area contributed by atoms with Gasteiger partial charge in [0.15, 0.2) is 0 Å². The van der Waals surface area contributed by atoms with Gasteiger partial charge in [-0.3, -0.25) is 4.79 Å². The number of ether oxygens (including phenoxy) is 2. The van der Waals surface area contributed by atoms with Crippen LogP contribution in [0.1, 0.15) is 258 Å². The average molecular weight is 777 g/mol. The molecule has 1 aliphatic rings. The van der Waals surface area contributed by atoms with Crippen LogP contribution in [0.15, 0.2) is 0 Å². The molecule has 1 saturated heterocycles. The van der Waals surface area contributed by atoms with Crippen LogP contribution in [-0.2, 0) is 14.3 Å². The van der Waals surface area contributed by atoms with Crippen LogP contribution in [0.4, 0.5) is 0 Å². The van der Waals surface area contributed by atoms with E-state index in [-0.39, 0.29) is 5.97 Å². The Morgan fingerprint density at radius 3 is 1.19 bits per heavy atom. The van der Waals surface area contributed by atoms with Gasteiger partial charge in [-0.15, -0.1) is 0 Å². The summed E-state index contributed by atoms with van der Waals surface area (Å²) in [6.07, 6.45) is 28.4. The molecule has 5 heteroatoms. The van der Waals surface area contributed by atoms with Crippen molar-refractivity contribution in [2.75, 3.05) is 59.1 Å². The molecular weight excluding hydrogens is 665 g/mol. The van der Waals surface area contributed by atoms with Crippen molar-refractivity contribution in [3.63, 3.8) is 0 Å². The fourth-order valence-corrected chi connectivity index (χ4v) is 4.55. The normalized spacial score (nSPS) is 11.1. The molecule has 0 unspecified atom stereocenters. The summed E-state index contributed by atoms with van der Waals surface area (Å²) in [4.78, 5) is 17.0. The van der Waals surface area contributed by atoms with E-state index < -0.39 is 0 Å². The number of esters is 1. The van der Waals surface area contributed by atoms with Crippen molar-refractivity contribution in [1.29, 1.82) is 0 Å². The highest BCUT2D eigenvalue weighted by molar-refractivity contribution is 5.69. The summed E-state index contributed by atoms with van der Waals surface area (Å²) >= 11 is 0. The molecule has 0 aliphatic carbocycles. The van der Waals surface area contributed by atoms with Gasteiger partial charge in [-0.05, 0) is 64.6 Å². The second-order valence-electron chi connectivity index (χ2n) is 14.8. The lowest BCUT2D eigenvalue weighted by Gasteiger charge is -2.24. The zero-order valence-corrected chi connectivity index (χ0v) is 41.2. The van der Waals surface area contributed by atoms with Gasteiger partial charge in [0.1, 0.15) is 0 Å². The number of nitrogens with zero attached hydrogens (tertiary/aromatic N) is 2. The molecular formula is C49H112N2O3. The maximum atomic E-state index is 12.1. The highest BCUT2D eigenvalue weighted by atomic mass is 16.5. The third-order valence-corrected chi connectivity index (χ3v) is 6.69. The molecule has 0 atom stereocenters. The molecule has 1 fully saturated rings. The molecule has 1 rings (SSSR count). The standard InChI is InChI=1S/C28H56N2O3.7C3H8/c1-3-5-6-7-8-9-10-11-15-25-32-26-16-12-17-27-33-28(31)18-22-29(19-4-2)23-24-30-20-13-14-21-30;7*1-3-2/h3-27H2,1-2H3;7*3H2,1-2H3. The SMILES string of the molecule is CCC.CCC.CCC.CCC.CCC.CCC.CCC.CCCCCCCCCCCOCCCCCOC(=O)CCN(CCC)CCN1CCCC1. The molecule has 0 spiro atoms. The molecule has 0 aromatic carbocycles. The van der Waals surface area contributed by atoms with Gasteiger partial charge in [-0.1, -0.05) is 207 Å². The lowest BCUT2D eigenvalue weighted by molar-refractivity contribution is -0.144. The molecule has 0 aromatic rings. The fraction of sp³-hybridized carbons (Fsp3) is 0.980. The topological polar surface area (TPSA) is 42.0 Å². The van der Waals surface area contributed by atoms with Gasteiger partial charge >= 0.3 is 5.97 Å². The second kappa shape index (κ2) is 77.0. The summed E-state index contributed by atoms with van der Waals surface area (Å²) in [5, 5.41) is 0. The average Bonchev–Trinajstić information content (AvgIpc) is 3.66. The Labute approximate surface area is 346 Å². The maximum Gasteiger partial charge on any atom is 0.307 e. The molecule has 5 nitrogen and oxygen atoms in total. The van der Waals surface area contributed by atoms with Crippen LogP contribution >= 0.6 is 0 Å². The number of hydrogen-bond donors (Lipinski definition) is 0. The van der Waals surface area contributed by atoms with E-state index in [1.165, 1.54) is 129 Å². The van der Waals surface area contributed by atoms with Crippen molar-refractivity contribution in [1.82, 2.24) is 9.80 Å². The zero-order valence-electron chi connectivity index (χ0n) is 41.2. The third-order valence-electron chi connectivity index (χ3n) is 6.69. The van der Waals surface area contributed by atoms with Gasteiger partial charge in [-0.2, -0.15) is 0 Å². The zero-order chi connectivity index (χ0) is 42.8. The van der Waals surface area contributed by atoms with E-state index in [2.05, 4.69) is 121 Å². The Morgan fingerprint density at radius 1 is 0.444 bits per heavy atom. The molecule has 0 saturated carbocycles. The smallest absolute Gasteiger partial charge is 0.307 e. The first-order valence-electron chi connectivity index (χ1n) is 24.3. The molecule has 0 bridgehead atoms. The first-order chi connectivity index (χ1) is 26.2. The van der Waals surface area contributed by atoms with Gasteiger partial charge in [-0.25, -0.2) is 0 Å². The summed E-state index contributed by atoms with van der Waals surface area (Å²) in [6.45, 7) is 43.1. The van der Waals surface area contributed by atoms with Crippen molar-refractivity contribution < 1.29 is 14.3 Å². The molecule has 336 valence electrons. The minimum atomic E-state index is -0.0427. The highest BCUT2D eigenvalue weighted by Gasteiger charge is 2.14. The Hall–Kier alpha value is -0.650. The summed E-state index contributed by atoms with van der Waals surface area (Å²) in [5.74, 6) is -0.0427. The first-order valence-corrected chi connectivity index (χ1v) is 24.3. The van der Waals surface area contributed by atoms with E-state index in [0.29, 0.717) is 13.0 Å². The Morgan fingerprint density at radius 2 is 0.796 bits per heavy atom. The maximum absolute atomic E-state index is 12.1. The Balaban J connectivity index is -0.000000174. The number of unbranched alkanes of at least 4 members (excludes halogenated alkanes) is 10. The van der Waals surface area contributed by atoms with Crippen LogP contribution in [-0.4, -0.2) is 74.9 Å². The third kappa shape index (κ3) is 93.3. The van der Waals surface area contributed by atoms with Gasteiger partial charge in [0.25, 0.3) is 0 Å². The first kappa shape index (κ1) is 68.1. The van der Waals surface area contributed by atoms with E-state index in [1.807, 2.05) is 0 Å². The van der Waals surface area contributed by atoms with Crippen molar-refractivity contribution in [2.24, 2.45) is 0 Å². The largest absolute Gasteiger partial charge is 0.466 e. The van der Waals surface area contributed by atoms with Gasteiger partial charge < -0.3 is 19.3 Å². The molecule has 1 aliphatic heterocycles. The summed E-state index contributed by atoms with van der Waals surface area (Å²) in [5.41, 5.74) is 0. The van der Waals surface area contributed by atoms with Crippen LogP contribution in [0.3, 0.4) is 0 Å². The van der Waals surface area contributed by atoms with Crippen molar-refractivity contribution >= 4 is 5.97 Å². The number of rotatable bonds is 24. The van der Waals surface area contributed by atoms with Crippen LogP contribution in [0.2, 0.25) is 0 Å². The molecule has 54 heavy (non-hydrogen) atoms. The molecule has 0 aromatic heterocycles. The molecule has 0 N–H and O–H groups in total. The van der Waals surface area contributed by atoms with E-state index in [9.17, 15) is 4.79 Å². The lowest BCUT2D eigenvalue weighted by atomic mass is 10.1. The van der Waals surface area contributed by atoms with Crippen LogP contribution in [0.25, 0.3) is 0 Å². The van der Waals surface area contributed by atoms with Crippen LogP contribution in [0.5, 0.6) is 0 Å². The van der Waals surface area contributed by atoms with E-state index >= 15 is 0 Å². The summed E-state index contributed by atoms with van der Waals surface area (Å²) in [7, 11) is 0. The van der Waals surface area contributed by atoms with Gasteiger partial charge in [0.2, 0.25) is 0 Å². The van der Waals surface area contributed by atoms with E-state index in [0.717, 1.165) is 65.1 Å². The number of hydrogen-bond acceptors (Lipinski definition) is 5. The van der Waals surface area contributed by atoms with Gasteiger partial charge in [0, 0.05) is 32.8 Å². The number of carbonyl (C=O) groups excluding carboxylic acids is 1. The monoisotopic (exact) mass is 777 g/mol. The minimum Gasteiger partial charge on any atom is -0.466 e. The van der Waals surface area contributed by atoms with Crippen LogP contribution in [0, 0.1) is 0 Å². The summed E-state index contributed by atoms with van der Waals surface area (Å²) < 4.78 is 11.2. The Kier molecular flexibility index (Phi) is 97.0. The highest BCUT2D eigenvalue weighted by Crippen LogP contribution is 2.10. The number of carbonyl (C=O) groups is 1. The number of likely N-dealkylation sites (tertiary alicyclic amines) is 1.